The van der Waals surface area contributed by atoms with Crippen molar-refractivity contribution in [3.63, 3.8) is 0 Å². The molecule has 0 saturated carbocycles. The highest BCUT2D eigenvalue weighted by Gasteiger charge is 2.13. The topological polar surface area (TPSA) is 65.1 Å². The van der Waals surface area contributed by atoms with Crippen molar-refractivity contribution in [3.05, 3.63) is 129 Å². The molecule has 0 aliphatic carbocycles. The van der Waals surface area contributed by atoms with Crippen LogP contribution in [0.2, 0.25) is 0 Å². The Bertz CT molecular complexity index is 1750. The number of hydrogen-bond donors (Lipinski definition) is 0. The summed E-state index contributed by atoms with van der Waals surface area (Å²) in [6, 6.07) is 29.8. The fraction of sp³-hybridized carbons (Fsp3) is 0. The number of thiazole rings is 1. The quantitative estimate of drug-likeness (QED) is 0.363. The number of aromatic nitrogens is 5. The zero-order chi connectivity index (χ0) is 23.6. The molecule has 0 atom stereocenters. The number of rotatable bonds is 5. The lowest BCUT2D eigenvalue weighted by atomic mass is 10.1. The Kier molecular flexibility index (Phi) is 5.37. The van der Waals surface area contributed by atoms with Gasteiger partial charge in [0, 0.05) is 17.3 Å². The van der Waals surface area contributed by atoms with Gasteiger partial charge in [0.15, 0.2) is 5.82 Å². The summed E-state index contributed by atoms with van der Waals surface area (Å²) in [4.78, 5) is 18.2. The largest absolute Gasteiger partial charge is 0.291 e. The molecule has 35 heavy (non-hydrogen) atoms. The molecule has 0 spiro atoms. The molecule has 6 rings (SSSR count). The van der Waals surface area contributed by atoms with Crippen LogP contribution in [0.15, 0.2) is 102 Å². The average Bonchev–Trinajstić information content (AvgIpc) is 3.59. The van der Waals surface area contributed by atoms with Crippen LogP contribution in [0, 0.1) is 0 Å². The maximum Gasteiger partial charge on any atom is 0.291 e. The van der Waals surface area contributed by atoms with E-state index in [-0.39, 0.29) is 5.56 Å². The van der Waals surface area contributed by atoms with Gasteiger partial charge in [-0.3, -0.25) is 4.79 Å². The number of para-hydroxylation sites is 1. The molecule has 0 N–H and O–H groups in total. The van der Waals surface area contributed by atoms with Crippen LogP contribution in [0.1, 0.15) is 17.0 Å². The highest BCUT2D eigenvalue weighted by Crippen LogP contribution is 2.24. The first-order valence-electron chi connectivity index (χ1n) is 11.1. The van der Waals surface area contributed by atoms with Gasteiger partial charge in [-0.2, -0.15) is 14.6 Å². The van der Waals surface area contributed by atoms with E-state index in [1.807, 2.05) is 120 Å². The highest BCUT2D eigenvalue weighted by atomic mass is 32.1. The van der Waals surface area contributed by atoms with Gasteiger partial charge in [-0.05, 0) is 29.8 Å². The van der Waals surface area contributed by atoms with E-state index >= 15 is 0 Å². The molecule has 0 saturated heterocycles. The normalized spacial score (nSPS) is 12.2. The molecule has 0 aliphatic rings. The van der Waals surface area contributed by atoms with E-state index in [4.69, 9.17) is 5.10 Å². The Morgan fingerprint density at radius 1 is 0.771 bits per heavy atom. The predicted molar refractivity (Wildman–Crippen MR) is 140 cm³/mol. The Balaban J connectivity index is 1.42. The third kappa shape index (κ3) is 4.20. The van der Waals surface area contributed by atoms with Gasteiger partial charge in [0.1, 0.15) is 0 Å². The fourth-order valence-electron chi connectivity index (χ4n) is 3.82. The molecule has 3 aromatic carbocycles. The van der Waals surface area contributed by atoms with Crippen LogP contribution in [0.3, 0.4) is 0 Å². The lowest BCUT2D eigenvalue weighted by molar-refractivity contribution is 0.884. The first-order valence-corrected chi connectivity index (χ1v) is 11.9. The minimum atomic E-state index is -0.191. The molecule has 3 aromatic heterocycles. The minimum Gasteiger partial charge on any atom is -0.266 e. The summed E-state index contributed by atoms with van der Waals surface area (Å²) < 4.78 is 3.76. The van der Waals surface area contributed by atoms with Crippen molar-refractivity contribution in [2.45, 2.75) is 0 Å². The van der Waals surface area contributed by atoms with Crippen molar-refractivity contribution in [2.75, 3.05) is 0 Å². The lowest BCUT2D eigenvalue weighted by Gasteiger charge is -2.00. The second-order valence-corrected chi connectivity index (χ2v) is 8.91. The van der Waals surface area contributed by atoms with Crippen molar-refractivity contribution in [1.29, 1.82) is 0 Å². The molecule has 0 unspecified atom stereocenters. The zero-order valence-electron chi connectivity index (χ0n) is 18.5. The number of benzene rings is 3. The maximum absolute atomic E-state index is 13.1. The summed E-state index contributed by atoms with van der Waals surface area (Å²) in [5.41, 5.74) is 4.44. The van der Waals surface area contributed by atoms with Gasteiger partial charge in [0.2, 0.25) is 4.96 Å². The Hall–Kier alpha value is -4.62. The molecule has 6 aromatic rings. The molecular formula is C28H19N5OS. The highest BCUT2D eigenvalue weighted by molar-refractivity contribution is 7.15. The molecule has 0 radical (unpaired) electrons. The third-order valence-corrected chi connectivity index (χ3v) is 6.48. The third-order valence-electron chi connectivity index (χ3n) is 5.52. The van der Waals surface area contributed by atoms with Crippen LogP contribution in [-0.4, -0.2) is 24.4 Å². The monoisotopic (exact) mass is 473 g/mol. The Morgan fingerprint density at radius 3 is 2.17 bits per heavy atom. The van der Waals surface area contributed by atoms with Crippen molar-refractivity contribution in [3.8, 4) is 16.9 Å². The van der Waals surface area contributed by atoms with Crippen molar-refractivity contribution in [1.82, 2.24) is 24.4 Å². The van der Waals surface area contributed by atoms with E-state index in [1.165, 1.54) is 15.9 Å². The van der Waals surface area contributed by atoms with Gasteiger partial charge in [0.05, 0.1) is 15.9 Å². The van der Waals surface area contributed by atoms with Crippen LogP contribution >= 0.6 is 11.3 Å². The lowest BCUT2D eigenvalue weighted by Crippen LogP contribution is -2.23. The fourth-order valence-corrected chi connectivity index (χ4v) is 4.73. The summed E-state index contributed by atoms with van der Waals surface area (Å²) in [7, 11) is 0. The van der Waals surface area contributed by atoms with E-state index in [9.17, 15) is 4.79 Å². The van der Waals surface area contributed by atoms with Gasteiger partial charge in [-0.25, -0.2) is 4.68 Å². The second kappa shape index (κ2) is 8.96. The first kappa shape index (κ1) is 20.9. The summed E-state index contributed by atoms with van der Waals surface area (Å²) >= 11 is 1.32. The van der Waals surface area contributed by atoms with Gasteiger partial charge in [-0.1, -0.05) is 96.3 Å². The van der Waals surface area contributed by atoms with E-state index in [1.54, 1.807) is 0 Å². The van der Waals surface area contributed by atoms with Gasteiger partial charge in [-0.15, -0.1) is 5.10 Å². The number of nitrogens with zero attached hydrogens (tertiary/aromatic N) is 5. The molecule has 7 heteroatoms. The zero-order valence-corrected chi connectivity index (χ0v) is 19.3. The van der Waals surface area contributed by atoms with Crippen LogP contribution in [-0.2, 0) is 0 Å². The average molecular weight is 474 g/mol. The van der Waals surface area contributed by atoms with E-state index in [2.05, 4.69) is 10.1 Å². The van der Waals surface area contributed by atoms with Crippen molar-refractivity contribution in [2.24, 2.45) is 0 Å². The molecule has 0 bridgehead atoms. The first-order chi connectivity index (χ1) is 17.2. The van der Waals surface area contributed by atoms with Gasteiger partial charge >= 0.3 is 0 Å². The van der Waals surface area contributed by atoms with Crippen LogP contribution in [0.5, 0.6) is 0 Å². The number of hydrogen-bond acceptors (Lipinski definition) is 5. The summed E-state index contributed by atoms with van der Waals surface area (Å²) in [6.07, 6.45) is 7.56. The second-order valence-electron chi connectivity index (χ2n) is 7.90. The van der Waals surface area contributed by atoms with Crippen LogP contribution in [0.25, 0.3) is 40.1 Å². The van der Waals surface area contributed by atoms with E-state index in [0.29, 0.717) is 15.3 Å². The maximum atomic E-state index is 13.1. The Labute approximate surface area is 204 Å². The molecule has 0 fully saturated rings. The van der Waals surface area contributed by atoms with Crippen LogP contribution < -0.4 is 10.1 Å². The van der Waals surface area contributed by atoms with E-state index in [0.717, 1.165) is 28.1 Å². The smallest absolute Gasteiger partial charge is 0.266 e. The van der Waals surface area contributed by atoms with Crippen molar-refractivity contribution < 1.29 is 0 Å². The predicted octanol–water partition coefficient (Wildman–Crippen LogP) is 4.72. The molecule has 168 valence electrons. The summed E-state index contributed by atoms with van der Waals surface area (Å²) in [6.45, 7) is 0. The van der Waals surface area contributed by atoms with E-state index < -0.39 is 0 Å². The molecule has 0 amide bonds. The Morgan fingerprint density at radius 2 is 1.46 bits per heavy atom. The summed E-state index contributed by atoms with van der Waals surface area (Å²) in [5, 5.41) is 9.23. The molecular weight excluding hydrogens is 454 g/mol. The van der Waals surface area contributed by atoms with Gasteiger partial charge in [0.25, 0.3) is 5.56 Å². The van der Waals surface area contributed by atoms with Crippen molar-refractivity contribution >= 4 is 34.5 Å². The number of fused-ring (bicyclic) bond motifs is 1. The summed E-state index contributed by atoms with van der Waals surface area (Å²) in [5.74, 6) is 0.505. The molecule has 6 nitrogen and oxygen atoms in total. The standard InChI is InChI=1S/C28H19N5OS/c34-27-24(35-28-29-25(30-33(27)28)17-16-20-10-4-1-5-11-20)18-22-19-32(23-14-8-3-9-15-23)31-26(22)21-12-6-2-7-13-21/h1-19H. The molecule has 3 heterocycles. The van der Waals surface area contributed by atoms with Gasteiger partial charge < -0.3 is 0 Å². The minimum absolute atomic E-state index is 0.191. The SMILES string of the molecule is O=c1c(=Cc2cn(-c3ccccc3)nc2-c2ccccc2)sc2nc(C=Cc3ccccc3)nn12. The molecule has 0 aliphatic heterocycles. The van der Waals surface area contributed by atoms with Crippen LogP contribution in [0.4, 0.5) is 0 Å².